The predicted octanol–water partition coefficient (Wildman–Crippen LogP) is 3.74. The van der Waals surface area contributed by atoms with E-state index in [1.807, 2.05) is 0 Å². The number of hydrogen-bond acceptors (Lipinski definition) is 3. The number of rotatable bonds is 13. The first-order valence-corrected chi connectivity index (χ1v) is 8.54. The summed E-state index contributed by atoms with van der Waals surface area (Å²) in [6, 6.07) is 0. The molecule has 0 unspecified atom stereocenters. The molecule has 0 bridgehead atoms. The van der Waals surface area contributed by atoms with Gasteiger partial charge in [-0.2, -0.15) is 8.42 Å². The Labute approximate surface area is 134 Å². The summed E-state index contributed by atoms with van der Waals surface area (Å²) in [7, 11) is -4.24. The Morgan fingerprint density at radius 3 is 1.53 bits per heavy atom. The van der Waals surface area contributed by atoms with Crippen LogP contribution < -0.4 is 0 Å². The van der Waals surface area contributed by atoms with Gasteiger partial charge in [-0.25, -0.2) is 4.18 Å². The van der Waals surface area contributed by atoms with Crippen molar-refractivity contribution in [3.63, 3.8) is 0 Å². The van der Waals surface area contributed by atoms with Gasteiger partial charge in [-0.05, 0) is 6.42 Å². The van der Waals surface area contributed by atoms with Gasteiger partial charge < -0.3 is 0 Å². The highest BCUT2D eigenvalue weighted by Crippen LogP contribution is 2.11. The van der Waals surface area contributed by atoms with Gasteiger partial charge in [0, 0.05) is 23.1 Å². The van der Waals surface area contributed by atoms with E-state index in [4.69, 9.17) is 4.55 Å². The molecule has 0 rings (SSSR count). The normalized spacial score (nSPS) is 11.3. The Balaban J connectivity index is 0. The highest BCUT2D eigenvalue weighted by molar-refractivity contribution is 7.80. The van der Waals surface area contributed by atoms with Gasteiger partial charge in [0.2, 0.25) is 0 Å². The van der Waals surface area contributed by atoms with Gasteiger partial charge in [0.15, 0.2) is 0 Å². The second kappa shape index (κ2) is 15.0. The van der Waals surface area contributed by atoms with Crippen LogP contribution >= 0.6 is 0 Å². The fraction of sp³-hybridized carbons (Fsp3) is 1.00. The summed E-state index contributed by atoms with van der Waals surface area (Å²) in [6.07, 6.45) is 13.3. The van der Waals surface area contributed by atoms with Gasteiger partial charge in [0.1, 0.15) is 0 Å². The monoisotopic (exact) mass is 304 g/mol. The Hall–Kier alpha value is 0.636. The topological polar surface area (TPSA) is 63.6 Å². The zero-order valence-electron chi connectivity index (χ0n) is 12.3. The lowest BCUT2D eigenvalue weighted by Gasteiger charge is -2.02. The molecule has 2 radical (unpaired) electrons. The third-order valence-electron chi connectivity index (χ3n) is 2.98. The number of unbranched alkanes of at least 4 members (excludes halogenated alkanes) is 10. The van der Waals surface area contributed by atoms with Gasteiger partial charge in [0.25, 0.3) is 0 Å². The van der Waals surface area contributed by atoms with Crippen LogP contribution in [0, 0.1) is 0 Å². The first-order chi connectivity index (χ1) is 8.56. The molecule has 0 amide bonds. The Morgan fingerprint density at radius 2 is 1.16 bits per heavy atom. The summed E-state index contributed by atoms with van der Waals surface area (Å²) in [5.74, 6) is 0. The van der Waals surface area contributed by atoms with E-state index in [-0.39, 0.29) is 29.7 Å². The quantitative estimate of drug-likeness (QED) is 0.320. The third-order valence-corrected chi connectivity index (χ3v) is 3.44. The Morgan fingerprint density at radius 1 is 0.789 bits per heavy atom. The predicted molar refractivity (Wildman–Crippen MR) is 79.7 cm³/mol. The molecule has 6 heteroatoms. The standard InChI is InChI=1S/C13H28O4S.Mg/c1-2-3-4-5-6-7-8-9-10-11-12-13-17-18(14,15)16;/h2-13H2,1H3,(H,14,15,16);. The van der Waals surface area contributed by atoms with Crippen LogP contribution in [0.3, 0.4) is 0 Å². The van der Waals surface area contributed by atoms with Crippen LogP contribution in [0.15, 0.2) is 0 Å². The second-order valence-corrected chi connectivity index (χ2v) is 5.88. The smallest absolute Gasteiger partial charge is 0.264 e. The summed E-state index contributed by atoms with van der Waals surface area (Å²) in [5.41, 5.74) is 0. The second-order valence-electron chi connectivity index (χ2n) is 4.79. The van der Waals surface area contributed by atoms with E-state index in [0.29, 0.717) is 6.42 Å². The lowest BCUT2D eigenvalue weighted by molar-refractivity contribution is 0.261. The van der Waals surface area contributed by atoms with Crippen molar-refractivity contribution in [3.8, 4) is 0 Å². The van der Waals surface area contributed by atoms with Crippen LogP contribution in [0.2, 0.25) is 0 Å². The molecule has 0 aliphatic rings. The van der Waals surface area contributed by atoms with Crippen LogP contribution in [-0.4, -0.2) is 42.6 Å². The van der Waals surface area contributed by atoms with E-state index in [2.05, 4.69) is 11.1 Å². The largest absolute Gasteiger partial charge is 0.397 e. The molecule has 0 atom stereocenters. The Kier molecular flexibility index (Phi) is 17.3. The maximum Gasteiger partial charge on any atom is 0.397 e. The fourth-order valence-electron chi connectivity index (χ4n) is 1.93. The van der Waals surface area contributed by atoms with Gasteiger partial charge in [-0.1, -0.05) is 71.1 Å². The van der Waals surface area contributed by atoms with Crippen molar-refractivity contribution in [3.05, 3.63) is 0 Å². The summed E-state index contributed by atoms with van der Waals surface area (Å²) in [5, 5.41) is 0. The summed E-state index contributed by atoms with van der Waals surface area (Å²) >= 11 is 0. The zero-order chi connectivity index (χ0) is 13.7. The maximum atomic E-state index is 10.2. The van der Waals surface area contributed by atoms with Crippen LogP contribution in [0.1, 0.15) is 77.6 Å². The molecule has 0 saturated heterocycles. The molecule has 0 aromatic heterocycles. The molecule has 0 aliphatic carbocycles. The van der Waals surface area contributed by atoms with Crippen LogP contribution in [-0.2, 0) is 14.6 Å². The number of hydrogen-bond donors (Lipinski definition) is 1. The van der Waals surface area contributed by atoms with Crippen LogP contribution in [0.25, 0.3) is 0 Å². The molecule has 4 nitrogen and oxygen atoms in total. The summed E-state index contributed by atoms with van der Waals surface area (Å²) in [6.45, 7) is 2.32. The first-order valence-electron chi connectivity index (χ1n) is 7.18. The van der Waals surface area contributed by atoms with E-state index in [9.17, 15) is 8.42 Å². The summed E-state index contributed by atoms with van der Waals surface area (Å²) < 4.78 is 33.1. The van der Waals surface area contributed by atoms with Gasteiger partial charge >= 0.3 is 10.4 Å². The van der Waals surface area contributed by atoms with Gasteiger partial charge in [-0.3, -0.25) is 4.55 Å². The molecule has 112 valence electrons. The first kappa shape index (κ1) is 21.9. The average molecular weight is 305 g/mol. The Bertz CT molecular complexity index is 268. The molecule has 0 heterocycles. The van der Waals surface area contributed by atoms with Gasteiger partial charge in [-0.15, -0.1) is 0 Å². The molecule has 1 N–H and O–H groups in total. The minimum Gasteiger partial charge on any atom is -0.264 e. The molecule has 19 heavy (non-hydrogen) atoms. The minimum absolute atomic E-state index is 0. The van der Waals surface area contributed by atoms with Crippen LogP contribution in [0.4, 0.5) is 0 Å². The highest BCUT2D eigenvalue weighted by Gasteiger charge is 2.02. The molecule has 0 aromatic carbocycles. The van der Waals surface area contributed by atoms with E-state index in [1.165, 1.54) is 51.4 Å². The average Bonchev–Trinajstić information content (AvgIpc) is 2.29. The van der Waals surface area contributed by atoms with E-state index in [1.54, 1.807) is 0 Å². The molecule has 0 fully saturated rings. The minimum atomic E-state index is -4.24. The van der Waals surface area contributed by atoms with Crippen molar-refractivity contribution in [2.45, 2.75) is 77.6 Å². The summed E-state index contributed by atoms with van der Waals surface area (Å²) in [4.78, 5) is 0. The lowest BCUT2D eigenvalue weighted by Crippen LogP contribution is -2.04. The molecule has 0 aromatic rings. The lowest BCUT2D eigenvalue weighted by atomic mass is 10.1. The van der Waals surface area contributed by atoms with Crippen molar-refractivity contribution < 1.29 is 17.2 Å². The van der Waals surface area contributed by atoms with Crippen molar-refractivity contribution in [2.75, 3.05) is 6.61 Å². The van der Waals surface area contributed by atoms with E-state index >= 15 is 0 Å². The van der Waals surface area contributed by atoms with Gasteiger partial charge in [0.05, 0.1) is 6.61 Å². The van der Waals surface area contributed by atoms with Crippen molar-refractivity contribution in [1.29, 1.82) is 0 Å². The maximum absolute atomic E-state index is 10.2. The molecule has 0 aliphatic heterocycles. The fourth-order valence-corrected chi connectivity index (χ4v) is 2.26. The molecule has 0 saturated carbocycles. The molecule has 0 spiro atoms. The van der Waals surface area contributed by atoms with E-state index < -0.39 is 10.4 Å². The molecular weight excluding hydrogens is 277 g/mol. The SMILES string of the molecule is CCCCCCCCCCCCCOS(=O)(=O)O.[Mg]. The van der Waals surface area contributed by atoms with Crippen LogP contribution in [0.5, 0.6) is 0 Å². The third kappa shape index (κ3) is 21.1. The van der Waals surface area contributed by atoms with Crippen molar-refractivity contribution in [1.82, 2.24) is 0 Å². The van der Waals surface area contributed by atoms with Crippen molar-refractivity contribution >= 4 is 33.5 Å². The van der Waals surface area contributed by atoms with E-state index in [0.717, 1.165) is 12.8 Å². The van der Waals surface area contributed by atoms with Crippen molar-refractivity contribution in [2.24, 2.45) is 0 Å². The molecular formula is C13H28MgO4S. The highest BCUT2D eigenvalue weighted by atomic mass is 32.3. The zero-order valence-corrected chi connectivity index (χ0v) is 14.5.